The van der Waals surface area contributed by atoms with Crippen molar-refractivity contribution in [2.45, 2.75) is 18.9 Å². The number of carbonyl (C=O) groups excluding carboxylic acids is 2. The molecule has 2 amide bonds. The van der Waals surface area contributed by atoms with Crippen LogP contribution < -0.4 is 5.32 Å². The molecule has 0 unspecified atom stereocenters. The quantitative estimate of drug-likeness (QED) is 0.804. The van der Waals surface area contributed by atoms with Gasteiger partial charge in [0.05, 0.1) is 13.0 Å². The molecule has 8 heteroatoms. The van der Waals surface area contributed by atoms with Crippen molar-refractivity contribution in [3.05, 3.63) is 35.6 Å². The minimum atomic E-state index is -2.60. The summed E-state index contributed by atoms with van der Waals surface area (Å²) >= 11 is 0. The summed E-state index contributed by atoms with van der Waals surface area (Å²) in [5.41, 5.74) is 0.103. The lowest BCUT2D eigenvalue weighted by atomic mass is 10.0. The Bertz CT molecular complexity index is 569. The van der Waals surface area contributed by atoms with Crippen molar-refractivity contribution < 1.29 is 27.5 Å². The van der Waals surface area contributed by atoms with Gasteiger partial charge in [-0.25, -0.2) is 13.2 Å². The zero-order chi connectivity index (χ0) is 16.8. The van der Waals surface area contributed by atoms with Crippen molar-refractivity contribution in [2.24, 2.45) is 0 Å². The normalized spacial score (nSPS) is 18.2. The first-order chi connectivity index (χ1) is 11.0. The van der Waals surface area contributed by atoms with Crippen LogP contribution in [0.4, 0.5) is 13.2 Å². The van der Waals surface area contributed by atoms with Crippen molar-refractivity contribution in [3.8, 4) is 0 Å². The summed E-state index contributed by atoms with van der Waals surface area (Å²) in [4.78, 5) is 25.6. The molecule has 0 aromatic heterocycles. The molecule has 1 aromatic rings. The molecule has 1 fully saturated rings. The van der Waals surface area contributed by atoms with Crippen LogP contribution in [-0.4, -0.2) is 49.4 Å². The van der Waals surface area contributed by atoms with Crippen molar-refractivity contribution in [1.82, 2.24) is 10.2 Å². The van der Waals surface area contributed by atoms with Crippen LogP contribution in [0.25, 0.3) is 0 Å². The number of carbonyl (C=O) groups is 2. The van der Waals surface area contributed by atoms with Gasteiger partial charge < -0.3 is 15.0 Å². The Kier molecular flexibility index (Phi) is 5.97. The second kappa shape index (κ2) is 7.96. The number of nitrogens with one attached hydrogen (secondary N) is 1. The van der Waals surface area contributed by atoms with E-state index < -0.39 is 36.7 Å². The largest absolute Gasteiger partial charge is 0.375 e. The number of ether oxygens (including phenoxy) is 1. The van der Waals surface area contributed by atoms with Gasteiger partial charge in [-0.1, -0.05) is 18.2 Å². The molecule has 0 aliphatic carbocycles. The average molecular weight is 330 g/mol. The van der Waals surface area contributed by atoms with E-state index in [-0.39, 0.29) is 31.7 Å². The molecule has 2 rings (SSSR count). The fraction of sp³-hybridized carbons (Fsp3) is 0.467. The Hall–Kier alpha value is -2.09. The Balaban J connectivity index is 2.07. The topological polar surface area (TPSA) is 58.6 Å². The fourth-order valence-corrected chi connectivity index (χ4v) is 2.42. The van der Waals surface area contributed by atoms with Crippen molar-refractivity contribution in [1.29, 1.82) is 0 Å². The molecule has 1 aliphatic heterocycles. The molecule has 1 atom stereocenters. The van der Waals surface area contributed by atoms with E-state index in [2.05, 4.69) is 10.1 Å². The van der Waals surface area contributed by atoms with Gasteiger partial charge in [0.25, 0.3) is 6.43 Å². The van der Waals surface area contributed by atoms with Crippen LogP contribution in [-0.2, 0) is 14.3 Å². The number of nitrogens with zero attached hydrogens (tertiary/aromatic N) is 1. The Morgan fingerprint density at radius 1 is 1.39 bits per heavy atom. The van der Waals surface area contributed by atoms with E-state index in [0.717, 1.165) is 0 Å². The van der Waals surface area contributed by atoms with E-state index in [4.69, 9.17) is 0 Å². The number of hydrogen-bond acceptors (Lipinski definition) is 3. The van der Waals surface area contributed by atoms with Crippen LogP contribution in [0.1, 0.15) is 18.0 Å². The van der Waals surface area contributed by atoms with Gasteiger partial charge in [0.1, 0.15) is 18.5 Å². The summed E-state index contributed by atoms with van der Waals surface area (Å²) in [6, 6.07) is 4.66. The minimum Gasteiger partial charge on any atom is -0.375 e. The minimum absolute atomic E-state index is 0.103. The van der Waals surface area contributed by atoms with E-state index >= 15 is 0 Å². The summed E-state index contributed by atoms with van der Waals surface area (Å²) in [5, 5.41) is 2.59. The maximum absolute atomic E-state index is 14.0. The van der Waals surface area contributed by atoms with Crippen molar-refractivity contribution in [2.75, 3.05) is 26.3 Å². The predicted molar refractivity (Wildman–Crippen MR) is 75.3 cm³/mol. The summed E-state index contributed by atoms with van der Waals surface area (Å²) in [6.07, 6.45) is -2.75. The number of alkyl halides is 2. The molecule has 126 valence electrons. The number of halogens is 3. The average Bonchev–Trinajstić information content (AvgIpc) is 2.52. The summed E-state index contributed by atoms with van der Waals surface area (Å²) in [6.45, 7) is -0.443. The molecule has 1 saturated heterocycles. The monoisotopic (exact) mass is 330 g/mol. The maximum Gasteiger partial charge on any atom is 0.261 e. The van der Waals surface area contributed by atoms with Crippen LogP contribution in [0.15, 0.2) is 24.3 Å². The highest BCUT2D eigenvalue weighted by Gasteiger charge is 2.35. The second-order valence-corrected chi connectivity index (χ2v) is 5.02. The number of rotatable bonds is 6. The van der Waals surface area contributed by atoms with Crippen LogP contribution in [0.5, 0.6) is 0 Å². The first kappa shape index (κ1) is 17.3. The Morgan fingerprint density at radius 3 is 2.83 bits per heavy atom. The second-order valence-electron chi connectivity index (χ2n) is 5.02. The molecule has 23 heavy (non-hydrogen) atoms. The molecule has 0 saturated carbocycles. The highest BCUT2D eigenvalue weighted by molar-refractivity contribution is 5.89. The highest BCUT2D eigenvalue weighted by atomic mass is 19.3. The molecule has 1 heterocycles. The van der Waals surface area contributed by atoms with Crippen LogP contribution in [0, 0.1) is 5.82 Å². The first-order valence-electron chi connectivity index (χ1n) is 7.18. The lowest BCUT2D eigenvalue weighted by Gasteiger charge is -2.35. The Labute approximate surface area is 131 Å². The van der Waals surface area contributed by atoms with E-state index in [9.17, 15) is 22.8 Å². The van der Waals surface area contributed by atoms with Crippen LogP contribution in [0.3, 0.4) is 0 Å². The maximum atomic E-state index is 14.0. The van der Waals surface area contributed by atoms with Crippen molar-refractivity contribution >= 4 is 11.8 Å². The zero-order valence-electron chi connectivity index (χ0n) is 12.3. The highest BCUT2D eigenvalue weighted by Crippen LogP contribution is 2.26. The lowest BCUT2D eigenvalue weighted by molar-refractivity contribution is -0.144. The van der Waals surface area contributed by atoms with Gasteiger partial charge >= 0.3 is 0 Å². The van der Waals surface area contributed by atoms with Gasteiger partial charge in [-0.05, 0) is 6.07 Å². The van der Waals surface area contributed by atoms with Gasteiger partial charge in [-0.15, -0.1) is 0 Å². The summed E-state index contributed by atoms with van der Waals surface area (Å²) < 4.78 is 42.6. The van der Waals surface area contributed by atoms with Gasteiger partial charge in [0, 0.05) is 18.7 Å². The predicted octanol–water partition coefficient (Wildman–Crippen LogP) is 1.50. The standard InChI is InChI=1S/C15H17F3N2O3/c16-11-4-2-1-3-10(11)14-15(22)19-6-7-20(14)13(21)5-8-23-9-12(17)18/h1-4,12,14H,5-9H2,(H,19,22)/t14-/m1/s1. The smallest absolute Gasteiger partial charge is 0.261 e. The third kappa shape index (κ3) is 4.44. The molecule has 5 nitrogen and oxygen atoms in total. The third-order valence-corrected chi connectivity index (χ3v) is 3.44. The fourth-order valence-electron chi connectivity index (χ4n) is 2.42. The number of piperazine rings is 1. The van der Waals surface area contributed by atoms with Crippen LogP contribution >= 0.6 is 0 Å². The van der Waals surface area contributed by atoms with E-state index in [1.54, 1.807) is 6.07 Å². The molecular formula is C15H17F3N2O3. The van der Waals surface area contributed by atoms with Crippen LogP contribution in [0.2, 0.25) is 0 Å². The number of amides is 2. The number of hydrogen-bond donors (Lipinski definition) is 1. The Morgan fingerprint density at radius 2 is 2.13 bits per heavy atom. The first-order valence-corrected chi connectivity index (χ1v) is 7.18. The molecular weight excluding hydrogens is 313 g/mol. The molecule has 0 bridgehead atoms. The van der Waals surface area contributed by atoms with Crippen molar-refractivity contribution in [3.63, 3.8) is 0 Å². The van der Waals surface area contributed by atoms with E-state index in [1.165, 1.54) is 23.1 Å². The molecule has 1 N–H and O–H groups in total. The molecule has 1 aromatic carbocycles. The summed E-state index contributed by atoms with van der Waals surface area (Å²) in [5.74, 6) is -1.49. The summed E-state index contributed by atoms with van der Waals surface area (Å²) in [7, 11) is 0. The molecule has 0 radical (unpaired) electrons. The van der Waals surface area contributed by atoms with Gasteiger partial charge in [-0.3, -0.25) is 9.59 Å². The third-order valence-electron chi connectivity index (χ3n) is 3.44. The van der Waals surface area contributed by atoms with Gasteiger partial charge in [0.2, 0.25) is 11.8 Å². The van der Waals surface area contributed by atoms with E-state index in [0.29, 0.717) is 0 Å². The zero-order valence-corrected chi connectivity index (χ0v) is 12.3. The SMILES string of the molecule is O=C1NCCN(C(=O)CCOCC(F)F)[C@@H]1c1ccccc1F. The van der Waals surface area contributed by atoms with E-state index in [1.807, 2.05) is 0 Å². The number of benzene rings is 1. The van der Waals surface area contributed by atoms with Gasteiger partial charge in [0.15, 0.2) is 0 Å². The molecule has 0 spiro atoms. The molecule has 1 aliphatic rings. The van der Waals surface area contributed by atoms with Gasteiger partial charge in [-0.2, -0.15) is 0 Å². The lowest BCUT2D eigenvalue weighted by Crippen LogP contribution is -2.52.